The molecule has 0 fully saturated rings. The summed E-state index contributed by atoms with van der Waals surface area (Å²) >= 11 is 0. The molecule has 2 N–H and O–H groups in total. The molecule has 0 amide bonds. The number of H-pyrrole nitrogens is 1. The highest BCUT2D eigenvalue weighted by Crippen LogP contribution is 2.35. The Hall–Kier alpha value is -3.39. The van der Waals surface area contributed by atoms with Gasteiger partial charge in [-0.15, -0.1) is 0 Å². The number of nitrogens with zero attached hydrogens (tertiary/aromatic N) is 3. The minimum Gasteiger partial charge on any atom is -0.367 e. The molecule has 0 aliphatic rings. The number of anilines is 1. The molecule has 160 valence electrons. The van der Waals surface area contributed by atoms with E-state index in [1.54, 1.807) is 24.7 Å². The summed E-state index contributed by atoms with van der Waals surface area (Å²) in [4.78, 5) is 14.1. The number of aromatic amines is 1. The Morgan fingerprint density at radius 3 is 2.65 bits per heavy atom. The van der Waals surface area contributed by atoms with Crippen LogP contribution in [0.25, 0.3) is 33.3 Å². The van der Waals surface area contributed by atoms with E-state index in [9.17, 15) is 13.2 Å². The minimum absolute atomic E-state index is 0.503. The van der Waals surface area contributed by atoms with Crippen molar-refractivity contribution in [1.29, 1.82) is 0 Å². The third kappa shape index (κ3) is 4.69. The van der Waals surface area contributed by atoms with Crippen molar-refractivity contribution in [2.45, 2.75) is 6.18 Å². The van der Waals surface area contributed by atoms with Crippen molar-refractivity contribution in [3.8, 4) is 22.4 Å². The first kappa shape index (κ1) is 20.9. The monoisotopic (exact) mass is 425 g/mol. The third-order valence-electron chi connectivity index (χ3n) is 4.98. The van der Waals surface area contributed by atoms with Gasteiger partial charge >= 0.3 is 6.18 Å². The molecule has 0 radical (unpaired) electrons. The zero-order chi connectivity index (χ0) is 22.0. The van der Waals surface area contributed by atoms with Gasteiger partial charge in [-0.05, 0) is 43.9 Å². The number of aromatic nitrogens is 3. The highest BCUT2D eigenvalue weighted by molar-refractivity contribution is 5.97. The first-order valence-corrected chi connectivity index (χ1v) is 9.81. The molecule has 0 saturated heterocycles. The van der Waals surface area contributed by atoms with Crippen LogP contribution in [-0.2, 0) is 6.18 Å². The fraction of sp³-hybridized carbons (Fsp3) is 0.217. The molecule has 0 atom stereocenters. The molecule has 5 nitrogen and oxygen atoms in total. The zero-order valence-corrected chi connectivity index (χ0v) is 17.2. The molecule has 8 heteroatoms. The van der Waals surface area contributed by atoms with Crippen LogP contribution in [0, 0.1) is 0 Å². The Balaban J connectivity index is 1.68. The smallest absolute Gasteiger partial charge is 0.367 e. The average Bonchev–Trinajstić information content (AvgIpc) is 3.16. The predicted octanol–water partition coefficient (Wildman–Crippen LogP) is 5.28. The van der Waals surface area contributed by atoms with Crippen LogP contribution in [0.5, 0.6) is 0 Å². The molecule has 4 aromatic rings. The maximum atomic E-state index is 13.1. The van der Waals surface area contributed by atoms with Crippen molar-refractivity contribution in [2.75, 3.05) is 32.5 Å². The second-order valence-electron chi connectivity index (χ2n) is 7.56. The molecule has 2 aromatic carbocycles. The molecular formula is C23H22F3N5. The topological polar surface area (TPSA) is 56.8 Å². The van der Waals surface area contributed by atoms with Crippen molar-refractivity contribution >= 4 is 16.7 Å². The normalized spacial score (nSPS) is 11.9. The summed E-state index contributed by atoms with van der Waals surface area (Å²) in [5, 5.41) is 4.07. The van der Waals surface area contributed by atoms with Crippen molar-refractivity contribution in [1.82, 2.24) is 19.9 Å². The lowest BCUT2D eigenvalue weighted by Crippen LogP contribution is -2.21. The molecule has 0 aliphatic heterocycles. The molecule has 0 unspecified atom stereocenters. The van der Waals surface area contributed by atoms with E-state index in [0.29, 0.717) is 22.6 Å². The molecule has 0 spiro atoms. The van der Waals surface area contributed by atoms with Crippen LogP contribution in [-0.4, -0.2) is 47.0 Å². The second-order valence-corrected chi connectivity index (χ2v) is 7.56. The summed E-state index contributed by atoms with van der Waals surface area (Å²) < 4.78 is 39.4. The molecule has 0 saturated carbocycles. The fourth-order valence-corrected chi connectivity index (χ4v) is 3.38. The Bertz CT molecular complexity index is 1200. The van der Waals surface area contributed by atoms with E-state index in [-0.39, 0.29) is 0 Å². The van der Waals surface area contributed by atoms with Crippen molar-refractivity contribution in [2.24, 2.45) is 0 Å². The summed E-state index contributed by atoms with van der Waals surface area (Å²) in [7, 11) is 4.00. The van der Waals surface area contributed by atoms with Gasteiger partial charge in [0.1, 0.15) is 5.82 Å². The second kappa shape index (κ2) is 8.39. The Morgan fingerprint density at radius 1 is 1.03 bits per heavy atom. The van der Waals surface area contributed by atoms with E-state index in [0.717, 1.165) is 35.6 Å². The van der Waals surface area contributed by atoms with Crippen molar-refractivity contribution in [3.05, 3.63) is 66.6 Å². The summed E-state index contributed by atoms with van der Waals surface area (Å²) in [6.07, 6.45) is 0.689. The molecule has 0 bridgehead atoms. The minimum atomic E-state index is -4.39. The molecule has 4 rings (SSSR count). The highest BCUT2D eigenvalue weighted by atomic mass is 19.4. The maximum Gasteiger partial charge on any atom is 0.416 e. The summed E-state index contributed by atoms with van der Waals surface area (Å²) in [6.45, 7) is 1.60. The molecule has 2 aromatic heterocycles. The van der Waals surface area contributed by atoms with Gasteiger partial charge in [0.25, 0.3) is 0 Å². The lowest BCUT2D eigenvalue weighted by atomic mass is 10.0. The van der Waals surface area contributed by atoms with Crippen molar-refractivity contribution in [3.63, 3.8) is 0 Å². The van der Waals surface area contributed by atoms with Crippen LogP contribution in [0.2, 0.25) is 0 Å². The number of nitrogens with one attached hydrogen (secondary N) is 2. The maximum absolute atomic E-state index is 13.1. The number of fused-ring (bicyclic) bond motifs is 1. The molecule has 0 aliphatic carbocycles. The summed E-state index contributed by atoms with van der Waals surface area (Å²) in [5.41, 5.74) is 2.90. The van der Waals surface area contributed by atoms with Gasteiger partial charge in [0.05, 0.1) is 23.7 Å². The zero-order valence-electron chi connectivity index (χ0n) is 17.2. The van der Waals surface area contributed by atoms with E-state index < -0.39 is 11.7 Å². The Kier molecular flexibility index (Phi) is 5.65. The lowest BCUT2D eigenvalue weighted by molar-refractivity contribution is -0.137. The number of likely N-dealkylation sites (N-methyl/N-ethyl adjacent to an activating group) is 1. The Morgan fingerprint density at radius 2 is 1.87 bits per heavy atom. The third-order valence-corrected chi connectivity index (χ3v) is 4.98. The van der Waals surface area contributed by atoms with E-state index >= 15 is 0 Å². The number of hydrogen-bond acceptors (Lipinski definition) is 4. The number of alkyl halides is 3. The lowest BCUT2D eigenvalue weighted by Gasteiger charge is -2.11. The summed E-state index contributed by atoms with van der Waals surface area (Å²) in [6, 6.07) is 11.1. The van der Waals surface area contributed by atoms with Gasteiger partial charge in [-0.3, -0.25) is 4.98 Å². The van der Waals surface area contributed by atoms with Crippen molar-refractivity contribution < 1.29 is 13.2 Å². The van der Waals surface area contributed by atoms with E-state index in [2.05, 4.69) is 25.2 Å². The number of halogens is 3. The van der Waals surface area contributed by atoms with E-state index in [4.69, 9.17) is 0 Å². The van der Waals surface area contributed by atoms with Crippen LogP contribution in [0.1, 0.15) is 5.56 Å². The van der Waals surface area contributed by atoms with E-state index in [1.807, 2.05) is 32.3 Å². The molecule has 31 heavy (non-hydrogen) atoms. The van der Waals surface area contributed by atoms with Crippen LogP contribution in [0.4, 0.5) is 19.0 Å². The Labute approximate surface area is 178 Å². The number of rotatable bonds is 6. The number of benzene rings is 2. The fourth-order valence-electron chi connectivity index (χ4n) is 3.38. The van der Waals surface area contributed by atoms with Crippen LogP contribution < -0.4 is 5.32 Å². The van der Waals surface area contributed by atoms with Gasteiger partial charge < -0.3 is 15.2 Å². The average molecular weight is 425 g/mol. The predicted molar refractivity (Wildman–Crippen MR) is 117 cm³/mol. The number of hydrogen-bond donors (Lipinski definition) is 2. The van der Waals surface area contributed by atoms with Crippen LogP contribution >= 0.6 is 0 Å². The van der Waals surface area contributed by atoms with E-state index in [1.165, 1.54) is 12.1 Å². The van der Waals surface area contributed by atoms with Gasteiger partial charge in [-0.25, -0.2) is 4.98 Å². The SMILES string of the molecule is CN(C)CCNc1cncc(-c2ccc3[nH]cc(-c4cccc(C(F)(F)F)c4)c3c2)n1. The van der Waals surface area contributed by atoms with Gasteiger partial charge in [0.2, 0.25) is 0 Å². The standard InChI is InChI=1S/C23H22F3N5/c1-31(2)9-8-28-22-14-27-13-21(30-22)16-6-7-20-18(11-16)19(12-29-20)15-4-3-5-17(10-15)23(24,25)26/h3-7,10-14,29H,8-9H2,1-2H3,(H,28,30). The van der Waals surface area contributed by atoms with Gasteiger partial charge in [-0.2, -0.15) is 13.2 Å². The molecular weight excluding hydrogens is 403 g/mol. The van der Waals surface area contributed by atoms with Crippen LogP contribution in [0.15, 0.2) is 61.1 Å². The van der Waals surface area contributed by atoms with Crippen LogP contribution in [0.3, 0.4) is 0 Å². The largest absolute Gasteiger partial charge is 0.416 e. The van der Waals surface area contributed by atoms with Gasteiger partial charge in [0, 0.05) is 41.3 Å². The first-order valence-electron chi connectivity index (χ1n) is 9.81. The van der Waals surface area contributed by atoms with Gasteiger partial charge in [-0.1, -0.05) is 18.2 Å². The highest BCUT2D eigenvalue weighted by Gasteiger charge is 2.30. The molecule has 2 heterocycles. The quantitative estimate of drug-likeness (QED) is 0.441. The van der Waals surface area contributed by atoms with Gasteiger partial charge in [0.15, 0.2) is 0 Å². The first-order chi connectivity index (χ1) is 14.8. The summed E-state index contributed by atoms with van der Waals surface area (Å²) in [5.74, 6) is 0.673.